The number of nitrogens with one attached hydrogen (secondary N) is 2. The van der Waals surface area contributed by atoms with E-state index in [1.165, 1.54) is 4.57 Å². The van der Waals surface area contributed by atoms with Gasteiger partial charge in [-0.3, -0.25) is 19.1 Å². The molecular weight excluding hydrogens is 468 g/mol. The van der Waals surface area contributed by atoms with Gasteiger partial charge in [0.2, 0.25) is 5.91 Å². The molecule has 186 valence electrons. The molecule has 10 heteroatoms. The van der Waals surface area contributed by atoms with Crippen LogP contribution in [0.1, 0.15) is 18.0 Å². The van der Waals surface area contributed by atoms with Gasteiger partial charge in [0.1, 0.15) is 0 Å². The van der Waals surface area contributed by atoms with Crippen LogP contribution < -0.4 is 20.3 Å². The lowest BCUT2D eigenvalue weighted by Gasteiger charge is -2.35. The average molecular weight is 499 g/mol. The van der Waals surface area contributed by atoms with Crippen molar-refractivity contribution in [1.29, 1.82) is 0 Å². The topological polar surface area (TPSA) is 97.8 Å². The lowest BCUT2D eigenvalue weighted by atomic mass is 10.0. The number of benzene rings is 2. The fourth-order valence-electron chi connectivity index (χ4n) is 4.32. The number of rotatable bonds is 9. The molecule has 0 unspecified atom stereocenters. The summed E-state index contributed by atoms with van der Waals surface area (Å²) < 4.78 is 18.1. The van der Waals surface area contributed by atoms with E-state index in [2.05, 4.69) is 15.2 Å². The van der Waals surface area contributed by atoms with E-state index in [-0.39, 0.29) is 30.5 Å². The standard InChI is InChI=1S/C25H30N4O5S/c1-32-21-8-7-17(15-22(21)33-2)20(28-11-13-34-14-12-28)16-26-23(30)9-10-29-24(31)18-5-3-4-6-19(18)27-25(29)35/h3-8,15,20H,9-14,16H2,1-2H3,(H,26,30)(H,27,35)/t20-/m1/s1. The molecule has 1 saturated heterocycles. The van der Waals surface area contributed by atoms with E-state index in [0.29, 0.717) is 46.9 Å². The van der Waals surface area contributed by atoms with Gasteiger partial charge in [-0.05, 0) is 42.0 Å². The highest BCUT2D eigenvalue weighted by molar-refractivity contribution is 7.71. The highest BCUT2D eigenvalue weighted by atomic mass is 32.1. The number of hydrogen-bond donors (Lipinski definition) is 2. The molecule has 1 aliphatic heterocycles. The number of ether oxygens (including phenoxy) is 3. The van der Waals surface area contributed by atoms with Crippen LogP contribution in [-0.4, -0.2) is 67.4 Å². The predicted molar refractivity (Wildman–Crippen MR) is 136 cm³/mol. The van der Waals surface area contributed by atoms with Crippen molar-refractivity contribution in [2.45, 2.75) is 19.0 Å². The molecular formula is C25H30N4O5S. The Hall–Kier alpha value is -3.21. The number of morpholine rings is 1. The smallest absolute Gasteiger partial charge is 0.262 e. The molecule has 0 saturated carbocycles. The number of amides is 1. The first-order chi connectivity index (χ1) is 17.0. The summed E-state index contributed by atoms with van der Waals surface area (Å²) in [5.74, 6) is 1.14. The van der Waals surface area contributed by atoms with E-state index in [1.807, 2.05) is 30.3 Å². The van der Waals surface area contributed by atoms with Gasteiger partial charge >= 0.3 is 0 Å². The van der Waals surface area contributed by atoms with Crippen LogP contribution in [0.5, 0.6) is 11.5 Å². The number of para-hydroxylation sites is 1. The minimum Gasteiger partial charge on any atom is -0.493 e. The zero-order chi connectivity index (χ0) is 24.8. The first kappa shape index (κ1) is 24.9. The van der Waals surface area contributed by atoms with Crippen LogP contribution in [0.3, 0.4) is 0 Å². The third-order valence-corrected chi connectivity index (χ3v) is 6.55. The number of fused-ring (bicyclic) bond motifs is 1. The number of carbonyl (C=O) groups is 1. The number of H-pyrrole nitrogens is 1. The Balaban J connectivity index is 1.46. The van der Waals surface area contributed by atoms with Gasteiger partial charge in [-0.15, -0.1) is 0 Å². The van der Waals surface area contributed by atoms with Crippen molar-refractivity contribution >= 4 is 29.0 Å². The van der Waals surface area contributed by atoms with E-state index >= 15 is 0 Å². The van der Waals surface area contributed by atoms with Crippen molar-refractivity contribution in [2.24, 2.45) is 0 Å². The molecule has 1 amide bonds. The minimum absolute atomic E-state index is 0.0612. The minimum atomic E-state index is -0.200. The lowest BCUT2D eigenvalue weighted by Crippen LogP contribution is -2.44. The van der Waals surface area contributed by atoms with Crippen molar-refractivity contribution in [3.63, 3.8) is 0 Å². The highest BCUT2D eigenvalue weighted by Gasteiger charge is 2.24. The molecule has 1 atom stereocenters. The third-order valence-electron chi connectivity index (χ3n) is 6.22. The maximum Gasteiger partial charge on any atom is 0.262 e. The first-order valence-corrected chi connectivity index (χ1v) is 11.9. The largest absolute Gasteiger partial charge is 0.493 e. The molecule has 9 nitrogen and oxygen atoms in total. The SMILES string of the molecule is COc1ccc([C@@H](CNC(=O)CCn2c(=S)[nH]c3ccccc3c2=O)N2CCOCC2)cc1OC. The van der Waals surface area contributed by atoms with Crippen LogP contribution >= 0.6 is 12.2 Å². The number of carbonyl (C=O) groups excluding carboxylic acids is 1. The van der Waals surface area contributed by atoms with Crippen LogP contribution in [0.15, 0.2) is 47.3 Å². The maximum absolute atomic E-state index is 12.8. The van der Waals surface area contributed by atoms with Gasteiger partial charge in [0, 0.05) is 32.6 Å². The number of nitrogens with zero attached hydrogens (tertiary/aromatic N) is 2. The Kier molecular flexibility index (Phi) is 8.17. The molecule has 0 radical (unpaired) electrons. The van der Waals surface area contributed by atoms with E-state index < -0.39 is 0 Å². The Labute approximate surface area is 208 Å². The van der Waals surface area contributed by atoms with Crippen LogP contribution in [0.2, 0.25) is 0 Å². The summed E-state index contributed by atoms with van der Waals surface area (Å²) in [6.07, 6.45) is 0.136. The Morgan fingerprint density at radius 2 is 1.89 bits per heavy atom. The Morgan fingerprint density at radius 1 is 1.14 bits per heavy atom. The highest BCUT2D eigenvalue weighted by Crippen LogP contribution is 2.32. The number of hydrogen-bond acceptors (Lipinski definition) is 7. The zero-order valence-electron chi connectivity index (χ0n) is 19.9. The van der Waals surface area contributed by atoms with Crippen LogP contribution in [0.25, 0.3) is 10.9 Å². The molecule has 1 fully saturated rings. The molecule has 2 aromatic carbocycles. The quantitative estimate of drug-likeness (QED) is 0.438. The summed E-state index contributed by atoms with van der Waals surface area (Å²) in [5.41, 5.74) is 1.50. The summed E-state index contributed by atoms with van der Waals surface area (Å²) in [5, 5.41) is 3.58. The number of aromatic nitrogens is 2. The summed E-state index contributed by atoms with van der Waals surface area (Å²) >= 11 is 5.35. The third kappa shape index (κ3) is 5.72. The van der Waals surface area contributed by atoms with E-state index in [1.54, 1.807) is 26.4 Å². The average Bonchev–Trinajstić information content (AvgIpc) is 2.89. The zero-order valence-corrected chi connectivity index (χ0v) is 20.7. The van der Waals surface area contributed by atoms with Crippen molar-refractivity contribution in [3.8, 4) is 11.5 Å². The predicted octanol–water partition coefficient (Wildman–Crippen LogP) is 2.66. The van der Waals surface area contributed by atoms with Crippen LogP contribution in [0.4, 0.5) is 0 Å². The molecule has 0 spiro atoms. The number of aromatic amines is 1. The number of methoxy groups -OCH3 is 2. The van der Waals surface area contributed by atoms with Crippen molar-refractivity contribution in [2.75, 3.05) is 47.1 Å². The Morgan fingerprint density at radius 3 is 2.63 bits per heavy atom. The maximum atomic E-state index is 12.8. The molecule has 3 aromatic rings. The van der Waals surface area contributed by atoms with Crippen molar-refractivity contribution in [1.82, 2.24) is 19.8 Å². The summed E-state index contributed by atoms with van der Waals surface area (Å²) in [7, 11) is 3.21. The van der Waals surface area contributed by atoms with Gasteiger partial charge in [0.15, 0.2) is 16.3 Å². The molecule has 0 bridgehead atoms. The molecule has 1 aromatic heterocycles. The summed E-state index contributed by atoms with van der Waals surface area (Å²) in [6, 6.07) is 12.9. The van der Waals surface area contributed by atoms with Crippen molar-refractivity contribution < 1.29 is 19.0 Å². The van der Waals surface area contributed by atoms with E-state index in [9.17, 15) is 9.59 Å². The Bertz CT molecular complexity index is 1300. The van der Waals surface area contributed by atoms with Gasteiger partial charge in [-0.2, -0.15) is 0 Å². The molecule has 35 heavy (non-hydrogen) atoms. The van der Waals surface area contributed by atoms with E-state index in [4.69, 9.17) is 26.4 Å². The molecule has 2 N–H and O–H groups in total. The fraction of sp³-hybridized carbons (Fsp3) is 0.400. The monoisotopic (exact) mass is 498 g/mol. The second kappa shape index (κ2) is 11.5. The van der Waals surface area contributed by atoms with Gasteiger partial charge < -0.3 is 24.5 Å². The van der Waals surface area contributed by atoms with Gasteiger partial charge in [-0.1, -0.05) is 18.2 Å². The van der Waals surface area contributed by atoms with Crippen LogP contribution in [-0.2, 0) is 16.1 Å². The first-order valence-electron chi connectivity index (χ1n) is 11.5. The van der Waals surface area contributed by atoms with Crippen LogP contribution in [0, 0.1) is 4.77 Å². The van der Waals surface area contributed by atoms with E-state index in [0.717, 1.165) is 18.7 Å². The molecule has 0 aliphatic carbocycles. The lowest BCUT2D eigenvalue weighted by molar-refractivity contribution is -0.121. The van der Waals surface area contributed by atoms with Gasteiger partial charge in [0.25, 0.3) is 5.56 Å². The van der Waals surface area contributed by atoms with Gasteiger partial charge in [0.05, 0.1) is 44.4 Å². The van der Waals surface area contributed by atoms with Gasteiger partial charge in [-0.25, -0.2) is 0 Å². The fourth-order valence-corrected chi connectivity index (χ4v) is 4.61. The molecule has 4 rings (SSSR count). The normalized spacial score (nSPS) is 15.0. The summed E-state index contributed by atoms with van der Waals surface area (Å²) in [4.78, 5) is 31.0. The molecule has 2 heterocycles. The summed E-state index contributed by atoms with van der Waals surface area (Å²) in [6.45, 7) is 3.41. The van der Waals surface area contributed by atoms with Crippen molar-refractivity contribution in [3.05, 3.63) is 63.2 Å². The second-order valence-electron chi connectivity index (χ2n) is 8.27. The second-order valence-corrected chi connectivity index (χ2v) is 8.65. The molecule has 1 aliphatic rings.